The van der Waals surface area contributed by atoms with Gasteiger partial charge in [-0.1, -0.05) is 18.2 Å². The van der Waals surface area contributed by atoms with E-state index in [1.54, 1.807) is 0 Å². The highest BCUT2D eigenvalue weighted by molar-refractivity contribution is 5.55. The van der Waals surface area contributed by atoms with E-state index in [2.05, 4.69) is 29.6 Å². The van der Waals surface area contributed by atoms with Gasteiger partial charge >= 0.3 is 0 Å². The molecule has 1 atom stereocenters. The molecular formula is C11H12N2. The van der Waals surface area contributed by atoms with Crippen LogP contribution in [0.2, 0.25) is 0 Å². The number of hydrogen-bond donors (Lipinski definition) is 1. The van der Waals surface area contributed by atoms with Crippen LogP contribution in [0, 0.1) is 0 Å². The minimum Gasteiger partial charge on any atom is -0.313 e. The van der Waals surface area contributed by atoms with Gasteiger partial charge in [-0.05, 0) is 24.6 Å². The second kappa shape index (κ2) is 2.67. The van der Waals surface area contributed by atoms with Gasteiger partial charge in [-0.3, -0.25) is 4.99 Å². The Kier molecular flexibility index (Phi) is 1.49. The fourth-order valence-corrected chi connectivity index (χ4v) is 2.20. The largest absolute Gasteiger partial charge is 0.313 e. The molecule has 1 aromatic rings. The van der Waals surface area contributed by atoms with E-state index in [4.69, 9.17) is 4.99 Å². The molecule has 1 fully saturated rings. The third-order valence-corrected chi connectivity index (χ3v) is 2.86. The quantitative estimate of drug-likeness (QED) is 0.577. The van der Waals surface area contributed by atoms with Crippen molar-refractivity contribution in [3.8, 4) is 0 Å². The Morgan fingerprint density at radius 1 is 1.31 bits per heavy atom. The van der Waals surface area contributed by atoms with Gasteiger partial charge in [0, 0.05) is 11.8 Å². The summed E-state index contributed by atoms with van der Waals surface area (Å²) in [5.41, 5.74) is 1.49. The van der Waals surface area contributed by atoms with Crippen molar-refractivity contribution >= 4 is 5.57 Å². The Hall–Kier alpha value is -1.15. The first-order valence-corrected chi connectivity index (χ1v) is 4.82. The van der Waals surface area contributed by atoms with Gasteiger partial charge in [-0.2, -0.15) is 0 Å². The normalized spacial score (nSPS) is 24.9. The van der Waals surface area contributed by atoms with E-state index in [1.807, 2.05) is 0 Å². The fraction of sp³-hybridized carbons (Fsp3) is 0.364. The number of para-hydroxylation sites is 1. The van der Waals surface area contributed by atoms with Gasteiger partial charge in [0.15, 0.2) is 0 Å². The lowest BCUT2D eigenvalue weighted by atomic mass is 10.0. The van der Waals surface area contributed by atoms with Crippen molar-refractivity contribution < 1.29 is 0 Å². The first kappa shape index (κ1) is 7.27. The molecule has 0 aliphatic carbocycles. The molecule has 1 unspecified atom stereocenters. The van der Waals surface area contributed by atoms with Gasteiger partial charge in [0.05, 0.1) is 11.4 Å². The van der Waals surface area contributed by atoms with Crippen LogP contribution in [0.4, 0.5) is 0 Å². The molecule has 1 aromatic carbocycles. The van der Waals surface area contributed by atoms with Crippen molar-refractivity contribution in [2.75, 3.05) is 13.1 Å². The van der Waals surface area contributed by atoms with E-state index in [9.17, 15) is 0 Å². The minimum atomic E-state index is 0.471. The number of fused-ring (bicyclic) bond motifs is 2. The summed E-state index contributed by atoms with van der Waals surface area (Å²) in [6, 6.07) is 8.92. The number of benzene rings is 1. The predicted octanol–water partition coefficient (Wildman–Crippen LogP) is -0.168. The van der Waals surface area contributed by atoms with Crippen molar-refractivity contribution in [3.63, 3.8) is 0 Å². The van der Waals surface area contributed by atoms with Gasteiger partial charge in [-0.25, -0.2) is 0 Å². The molecule has 2 heteroatoms. The summed E-state index contributed by atoms with van der Waals surface area (Å²) in [6.07, 6.45) is 1.16. The molecule has 2 nitrogen and oxygen atoms in total. The molecule has 2 aliphatic rings. The fourth-order valence-electron chi connectivity index (χ4n) is 2.20. The third-order valence-electron chi connectivity index (χ3n) is 2.86. The van der Waals surface area contributed by atoms with E-state index in [0.29, 0.717) is 6.04 Å². The molecule has 0 bridgehead atoms. The van der Waals surface area contributed by atoms with Gasteiger partial charge < -0.3 is 5.32 Å². The summed E-state index contributed by atoms with van der Waals surface area (Å²) in [7, 11) is 0. The number of hydrogen-bond acceptors (Lipinski definition) is 2. The summed E-state index contributed by atoms with van der Waals surface area (Å²) in [5.74, 6) is 0. The van der Waals surface area contributed by atoms with Gasteiger partial charge in [0.1, 0.15) is 0 Å². The monoisotopic (exact) mass is 172 g/mol. The maximum Gasteiger partial charge on any atom is 0.0750 e. The molecule has 0 spiro atoms. The topological polar surface area (TPSA) is 24.4 Å². The lowest BCUT2D eigenvalue weighted by Gasteiger charge is -2.19. The molecule has 66 valence electrons. The summed E-state index contributed by atoms with van der Waals surface area (Å²) in [5, 5.41) is 5.95. The molecule has 0 aromatic heterocycles. The zero-order valence-electron chi connectivity index (χ0n) is 7.46. The Labute approximate surface area is 77.0 Å². The van der Waals surface area contributed by atoms with Crippen LogP contribution in [-0.2, 0) is 0 Å². The van der Waals surface area contributed by atoms with Crippen molar-refractivity contribution in [1.29, 1.82) is 0 Å². The standard InChI is InChI=1S/C11H12N2/c1-2-4-10-8(3-1)9-7-12-6-5-11(9)13-10/h1-4,11-12H,5-7H2. The van der Waals surface area contributed by atoms with Crippen molar-refractivity contribution in [2.24, 2.45) is 4.99 Å². The Balaban J connectivity index is 2.29. The lowest BCUT2D eigenvalue weighted by molar-refractivity contribution is 0.598. The van der Waals surface area contributed by atoms with E-state index < -0.39 is 0 Å². The minimum absolute atomic E-state index is 0.471. The summed E-state index contributed by atoms with van der Waals surface area (Å²) in [4.78, 5) is 4.70. The zero-order chi connectivity index (χ0) is 8.67. The second-order valence-electron chi connectivity index (χ2n) is 3.65. The van der Waals surface area contributed by atoms with Crippen LogP contribution in [0.3, 0.4) is 0 Å². The molecule has 3 rings (SSSR count). The van der Waals surface area contributed by atoms with Crippen LogP contribution in [-0.4, -0.2) is 19.1 Å². The highest BCUT2D eigenvalue weighted by atomic mass is 14.9. The maximum absolute atomic E-state index is 4.70. The van der Waals surface area contributed by atoms with E-state index in [1.165, 1.54) is 16.1 Å². The van der Waals surface area contributed by atoms with Crippen molar-refractivity contribution in [3.05, 3.63) is 34.8 Å². The van der Waals surface area contributed by atoms with Crippen LogP contribution in [0.15, 0.2) is 29.3 Å². The van der Waals surface area contributed by atoms with E-state index in [0.717, 1.165) is 19.5 Å². The van der Waals surface area contributed by atoms with E-state index in [-0.39, 0.29) is 0 Å². The van der Waals surface area contributed by atoms with Crippen molar-refractivity contribution in [2.45, 2.75) is 12.5 Å². The van der Waals surface area contributed by atoms with Crippen LogP contribution < -0.4 is 15.9 Å². The molecule has 1 N–H and O–H groups in total. The Bertz CT molecular complexity index is 447. The van der Waals surface area contributed by atoms with Crippen LogP contribution in [0.1, 0.15) is 6.42 Å². The first-order chi connectivity index (χ1) is 6.45. The smallest absolute Gasteiger partial charge is 0.0750 e. The molecule has 2 aliphatic heterocycles. The second-order valence-corrected chi connectivity index (χ2v) is 3.65. The Morgan fingerprint density at radius 3 is 3.23 bits per heavy atom. The first-order valence-electron chi connectivity index (χ1n) is 4.82. The average molecular weight is 172 g/mol. The molecule has 0 amide bonds. The van der Waals surface area contributed by atoms with Crippen LogP contribution in [0.25, 0.3) is 5.57 Å². The van der Waals surface area contributed by atoms with Crippen LogP contribution in [0.5, 0.6) is 0 Å². The van der Waals surface area contributed by atoms with Gasteiger partial charge in [-0.15, -0.1) is 0 Å². The Morgan fingerprint density at radius 2 is 2.23 bits per heavy atom. The highest BCUT2D eigenvalue weighted by Crippen LogP contribution is 2.14. The predicted molar refractivity (Wildman–Crippen MR) is 51.9 cm³/mol. The molecule has 0 saturated carbocycles. The number of nitrogens with one attached hydrogen (secondary N) is 1. The molecule has 2 heterocycles. The van der Waals surface area contributed by atoms with Gasteiger partial charge in [0.2, 0.25) is 0 Å². The average Bonchev–Trinajstić information content (AvgIpc) is 2.56. The van der Waals surface area contributed by atoms with Crippen LogP contribution >= 0.6 is 0 Å². The number of rotatable bonds is 0. The SMILES string of the molecule is c1ccc2c(c1)=NC1CCNCC=21. The summed E-state index contributed by atoms with van der Waals surface area (Å²) < 4.78 is 0. The molecule has 1 saturated heterocycles. The molecular weight excluding hydrogens is 160 g/mol. The zero-order valence-corrected chi connectivity index (χ0v) is 7.46. The summed E-state index contributed by atoms with van der Waals surface area (Å²) in [6.45, 7) is 2.12. The maximum atomic E-state index is 4.70. The van der Waals surface area contributed by atoms with Crippen molar-refractivity contribution in [1.82, 2.24) is 5.32 Å². The van der Waals surface area contributed by atoms with Gasteiger partial charge in [0.25, 0.3) is 0 Å². The molecule has 13 heavy (non-hydrogen) atoms. The number of piperidine rings is 1. The summed E-state index contributed by atoms with van der Waals surface area (Å²) >= 11 is 0. The van der Waals surface area contributed by atoms with E-state index >= 15 is 0 Å². The highest BCUT2D eigenvalue weighted by Gasteiger charge is 2.21. The lowest BCUT2D eigenvalue weighted by Crippen LogP contribution is -2.33. The third kappa shape index (κ3) is 1.02. The number of nitrogens with zero attached hydrogens (tertiary/aromatic N) is 1. The molecule has 0 radical (unpaired) electrons.